The minimum Gasteiger partial charge on any atom is -0.0622 e. The van der Waals surface area contributed by atoms with Gasteiger partial charge in [0.25, 0.3) is 0 Å². The fourth-order valence-electron chi connectivity index (χ4n) is 7.00. The van der Waals surface area contributed by atoms with E-state index in [1.807, 2.05) is 0 Å². The van der Waals surface area contributed by atoms with Crippen LogP contribution in [0.2, 0.25) is 0 Å². The second-order valence-corrected chi connectivity index (χ2v) is 15.0. The minimum absolute atomic E-state index is 0.207. The molecule has 2 heteroatoms. The van der Waals surface area contributed by atoms with Crippen molar-refractivity contribution in [2.75, 3.05) is 12.3 Å². The quantitative estimate of drug-likeness (QED) is 0.405. The van der Waals surface area contributed by atoms with Gasteiger partial charge in [-0.3, -0.25) is 0 Å². The molecule has 0 amide bonds. The number of rotatable bonds is 3. The first-order chi connectivity index (χ1) is 15.3. The molecule has 0 aromatic heterocycles. The van der Waals surface area contributed by atoms with Crippen molar-refractivity contribution in [1.82, 2.24) is 0 Å². The molecule has 0 saturated carbocycles. The maximum atomic E-state index is 2.53. The Kier molecular flexibility index (Phi) is 4.48. The Morgan fingerprint density at radius 3 is 1.25 bits per heavy atom. The Morgan fingerprint density at radius 1 is 0.562 bits per heavy atom. The van der Waals surface area contributed by atoms with Crippen molar-refractivity contribution >= 4 is 27.0 Å². The van der Waals surface area contributed by atoms with Crippen LogP contribution in [0.15, 0.2) is 93.1 Å². The van der Waals surface area contributed by atoms with E-state index in [2.05, 4.69) is 102 Å². The van der Waals surface area contributed by atoms with Crippen LogP contribution in [0.1, 0.15) is 52.7 Å². The molecule has 2 aromatic carbocycles. The van der Waals surface area contributed by atoms with E-state index in [0.29, 0.717) is 0 Å². The van der Waals surface area contributed by atoms with Crippen LogP contribution in [0.5, 0.6) is 0 Å². The zero-order valence-electron chi connectivity index (χ0n) is 20.1. The van der Waals surface area contributed by atoms with Crippen LogP contribution in [0.4, 0.5) is 0 Å². The van der Waals surface area contributed by atoms with E-state index < -0.39 is 0 Å². The largest absolute Gasteiger partial charge is 0.0622 e. The van der Waals surface area contributed by atoms with Crippen molar-refractivity contribution in [1.29, 1.82) is 0 Å². The van der Waals surface area contributed by atoms with Crippen molar-refractivity contribution in [2.45, 2.75) is 41.5 Å². The van der Waals surface area contributed by atoms with Gasteiger partial charge in [-0.25, -0.2) is 0 Å². The van der Waals surface area contributed by atoms with E-state index in [0.717, 1.165) is 0 Å². The van der Waals surface area contributed by atoms with Crippen LogP contribution >= 0.6 is 15.8 Å². The van der Waals surface area contributed by atoms with E-state index in [9.17, 15) is 0 Å². The molecule has 4 atom stereocenters. The van der Waals surface area contributed by atoms with Gasteiger partial charge in [-0.05, 0) is 99.4 Å². The zero-order valence-corrected chi connectivity index (χ0v) is 21.9. The smallest absolute Gasteiger partial charge is 0.0194 e. The van der Waals surface area contributed by atoms with E-state index in [-0.39, 0.29) is 26.7 Å². The molecule has 0 nitrogen and oxygen atoms in total. The number of hydrogen-bond acceptors (Lipinski definition) is 0. The van der Waals surface area contributed by atoms with Gasteiger partial charge in [0.05, 0.1) is 0 Å². The molecule has 162 valence electrons. The summed E-state index contributed by atoms with van der Waals surface area (Å²) >= 11 is 0. The zero-order chi connectivity index (χ0) is 22.4. The SMILES string of the molecule is CC1=C(c2ccccc2)[C@]2(C)C[P@]1C(C1=C(C)[C@@]3(C)C[P@@]1C(C)=C3c1ccccc1)=C2C. The first-order valence-corrected chi connectivity index (χ1v) is 14.9. The molecule has 0 N–H and O–H groups in total. The van der Waals surface area contributed by atoms with Gasteiger partial charge in [0.15, 0.2) is 0 Å². The summed E-state index contributed by atoms with van der Waals surface area (Å²) in [4.78, 5) is 0. The second-order valence-electron chi connectivity index (χ2n) is 10.4. The Balaban J connectivity index is 1.47. The standard InChI is InChI=1S/C30H32P2/c1-19-27(31-17-29(19,5)25(21(31)3)23-13-9-7-10-14-23)28-20(2)30(6)18-32(28)22(4)26(30)24-15-11-8-12-16-24/h7-16H,17-18H2,1-6H3/t29-,30-,31+,32+/m1/s1. The van der Waals surface area contributed by atoms with E-state index in [4.69, 9.17) is 0 Å². The van der Waals surface area contributed by atoms with Crippen molar-refractivity contribution < 1.29 is 0 Å². The van der Waals surface area contributed by atoms with Crippen LogP contribution in [0, 0.1) is 10.8 Å². The van der Waals surface area contributed by atoms with Crippen LogP contribution in [-0.2, 0) is 0 Å². The molecule has 0 unspecified atom stereocenters. The maximum absolute atomic E-state index is 2.53. The first kappa shape index (κ1) is 20.8. The lowest BCUT2D eigenvalue weighted by Gasteiger charge is -2.34. The highest BCUT2D eigenvalue weighted by Gasteiger charge is 2.57. The van der Waals surface area contributed by atoms with Crippen molar-refractivity contribution in [2.24, 2.45) is 10.8 Å². The third-order valence-electron chi connectivity index (χ3n) is 8.84. The molecule has 0 saturated heterocycles. The number of hydrogen-bond donors (Lipinski definition) is 0. The van der Waals surface area contributed by atoms with Gasteiger partial charge in [0.1, 0.15) is 0 Å². The molecular weight excluding hydrogens is 422 g/mol. The van der Waals surface area contributed by atoms with Crippen LogP contribution in [0.25, 0.3) is 11.1 Å². The third kappa shape index (κ3) is 2.47. The molecule has 0 aliphatic carbocycles. The Morgan fingerprint density at radius 2 is 0.906 bits per heavy atom. The molecule has 0 fully saturated rings. The predicted octanol–water partition coefficient (Wildman–Crippen LogP) is 9.43. The molecule has 4 aliphatic heterocycles. The van der Waals surface area contributed by atoms with Gasteiger partial charge < -0.3 is 0 Å². The normalized spacial score (nSPS) is 33.4. The topological polar surface area (TPSA) is 0 Å². The van der Waals surface area contributed by atoms with E-state index in [1.165, 1.54) is 23.5 Å². The monoisotopic (exact) mass is 454 g/mol. The Labute approximate surface area is 195 Å². The van der Waals surface area contributed by atoms with Crippen molar-refractivity contribution in [3.8, 4) is 0 Å². The second kappa shape index (κ2) is 6.88. The Hall–Kier alpha value is -1.74. The summed E-state index contributed by atoms with van der Waals surface area (Å²) in [6.07, 6.45) is 2.65. The van der Waals surface area contributed by atoms with E-state index >= 15 is 0 Å². The first-order valence-electron chi connectivity index (χ1n) is 11.8. The lowest BCUT2D eigenvalue weighted by atomic mass is 9.73. The summed E-state index contributed by atoms with van der Waals surface area (Å²) in [6.45, 7) is 14.9. The van der Waals surface area contributed by atoms with Gasteiger partial charge in [-0.2, -0.15) is 0 Å². The fraction of sp³-hybridized carbons (Fsp3) is 0.333. The maximum Gasteiger partial charge on any atom is 0.0194 e. The summed E-state index contributed by atoms with van der Waals surface area (Å²) in [7, 11) is -0.418. The van der Waals surface area contributed by atoms with Crippen molar-refractivity contribution in [3.63, 3.8) is 0 Å². The molecule has 4 heterocycles. The highest BCUT2D eigenvalue weighted by atomic mass is 31.1. The fourth-order valence-corrected chi connectivity index (χ4v) is 14.7. The lowest BCUT2D eigenvalue weighted by Crippen LogP contribution is -2.20. The Bertz CT molecular complexity index is 1170. The predicted molar refractivity (Wildman–Crippen MR) is 143 cm³/mol. The number of fused-ring (bicyclic) bond motifs is 4. The van der Waals surface area contributed by atoms with E-state index in [1.54, 1.807) is 43.5 Å². The summed E-state index contributed by atoms with van der Waals surface area (Å²) in [6, 6.07) is 22.4. The average Bonchev–Trinajstić information content (AvgIpc) is 3.40. The summed E-state index contributed by atoms with van der Waals surface area (Å²) in [5.74, 6) is 0. The molecule has 0 spiro atoms. The van der Waals surface area contributed by atoms with Gasteiger partial charge in [0.2, 0.25) is 0 Å². The number of allylic oxidation sites excluding steroid dienone is 8. The third-order valence-corrected chi connectivity index (χ3v) is 15.2. The van der Waals surface area contributed by atoms with Crippen LogP contribution < -0.4 is 0 Å². The summed E-state index contributed by atoms with van der Waals surface area (Å²) in [5.41, 5.74) is 9.90. The van der Waals surface area contributed by atoms with Crippen LogP contribution in [-0.4, -0.2) is 12.3 Å². The molecule has 2 aromatic rings. The lowest BCUT2D eigenvalue weighted by molar-refractivity contribution is 0.621. The molecule has 32 heavy (non-hydrogen) atoms. The number of benzene rings is 2. The molecular formula is C30H32P2. The molecule has 4 bridgehead atoms. The van der Waals surface area contributed by atoms with Gasteiger partial charge in [0, 0.05) is 10.8 Å². The van der Waals surface area contributed by atoms with Gasteiger partial charge >= 0.3 is 0 Å². The van der Waals surface area contributed by atoms with Gasteiger partial charge in [-0.1, -0.05) is 85.7 Å². The summed E-state index contributed by atoms with van der Waals surface area (Å²) in [5, 5.41) is 6.95. The highest BCUT2D eigenvalue weighted by molar-refractivity contribution is 7.73. The average molecular weight is 455 g/mol. The molecule has 4 aliphatic rings. The van der Waals surface area contributed by atoms with Crippen molar-refractivity contribution in [3.05, 3.63) is 104 Å². The van der Waals surface area contributed by atoms with Gasteiger partial charge in [-0.15, -0.1) is 0 Å². The van der Waals surface area contributed by atoms with Crippen LogP contribution in [0.3, 0.4) is 0 Å². The minimum atomic E-state index is -0.209. The highest BCUT2D eigenvalue weighted by Crippen LogP contribution is 2.84. The molecule has 6 rings (SSSR count). The summed E-state index contributed by atoms with van der Waals surface area (Å²) < 4.78 is 0. The molecule has 0 radical (unpaired) electrons.